The summed E-state index contributed by atoms with van der Waals surface area (Å²) in [5.41, 5.74) is 2.77. The minimum atomic E-state index is 0.194. The van der Waals surface area contributed by atoms with Gasteiger partial charge in [-0.15, -0.1) is 0 Å². The number of benzene rings is 1. The van der Waals surface area contributed by atoms with Crippen molar-refractivity contribution in [2.75, 3.05) is 24.6 Å². The summed E-state index contributed by atoms with van der Waals surface area (Å²) in [6, 6.07) is 8.60. The van der Waals surface area contributed by atoms with Crippen molar-refractivity contribution >= 4 is 5.69 Å². The summed E-state index contributed by atoms with van der Waals surface area (Å²) in [5, 5.41) is 9.38. The molecule has 1 N–H and O–H groups in total. The second-order valence-electron chi connectivity index (χ2n) is 5.01. The zero-order valence-corrected chi connectivity index (χ0v) is 10.2. The van der Waals surface area contributed by atoms with Crippen molar-refractivity contribution in [2.45, 2.75) is 26.7 Å². The second kappa shape index (κ2) is 4.46. The second-order valence-corrected chi connectivity index (χ2v) is 5.01. The molecule has 1 aromatic carbocycles. The minimum Gasteiger partial charge on any atom is -0.396 e. The van der Waals surface area contributed by atoms with E-state index in [1.54, 1.807) is 0 Å². The standard InChI is InChI=1S/C14H21NO/c1-3-15(10-14(11-16)7-8-14)13-6-4-5-12(2)9-13/h4-6,9,16H,3,7-8,10-11H2,1-2H3. The zero-order chi connectivity index (χ0) is 11.6. The number of nitrogens with zero attached hydrogens (tertiary/aromatic N) is 1. The summed E-state index contributed by atoms with van der Waals surface area (Å²) >= 11 is 0. The van der Waals surface area contributed by atoms with Crippen molar-refractivity contribution in [3.63, 3.8) is 0 Å². The van der Waals surface area contributed by atoms with Crippen LogP contribution in [0.2, 0.25) is 0 Å². The molecule has 0 saturated heterocycles. The molecule has 2 nitrogen and oxygen atoms in total. The Kier molecular flexibility index (Phi) is 3.20. The molecule has 1 saturated carbocycles. The predicted octanol–water partition coefficient (Wildman–Crippen LogP) is 2.59. The molecule has 16 heavy (non-hydrogen) atoms. The Morgan fingerprint density at radius 3 is 2.62 bits per heavy atom. The van der Waals surface area contributed by atoms with E-state index in [4.69, 9.17) is 0 Å². The Labute approximate surface area is 97.9 Å². The SMILES string of the molecule is CCN(CC1(CO)CC1)c1cccc(C)c1. The summed E-state index contributed by atoms with van der Waals surface area (Å²) in [7, 11) is 0. The van der Waals surface area contributed by atoms with Crippen molar-refractivity contribution in [1.82, 2.24) is 0 Å². The van der Waals surface area contributed by atoms with Crippen LogP contribution in [0.4, 0.5) is 5.69 Å². The van der Waals surface area contributed by atoms with Gasteiger partial charge in [0, 0.05) is 24.2 Å². The van der Waals surface area contributed by atoms with Gasteiger partial charge in [0.15, 0.2) is 0 Å². The van der Waals surface area contributed by atoms with Crippen LogP contribution in [0.3, 0.4) is 0 Å². The van der Waals surface area contributed by atoms with Crippen molar-refractivity contribution in [1.29, 1.82) is 0 Å². The lowest BCUT2D eigenvalue weighted by molar-refractivity contribution is 0.214. The highest BCUT2D eigenvalue weighted by Crippen LogP contribution is 2.46. The predicted molar refractivity (Wildman–Crippen MR) is 67.8 cm³/mol. The van der Waals surface area contributed by atoms with Crippen LogP contribution in [0.1, 0.15) is 25.3 Å². The van der Waals surface area contributed by atoms with E-state index in [9.17, 15) is 5.11 Å². The summed E-state index contributed by atoms with van der Waals surface area (Å²) in [6.45, 7) is 6.62. The highest BCUT2D eigenvalue weighted by Gasteiger charge is 2.43. The summed E-state index contributed by atoms with van der Waals surface area (Å²) < 4.78 is 0. The Morgan fingerprint density at radius 1 is 1.38 bits per heavy atom. The Bertz CT molecular complexity index is 358. The first-order chi connectivity index (χ1) is 7.69. The van der Waals surface area contributed by atoms with Crippen molar-refractivity contribution in [3.05, 3.63) is 29.8 Å². The number of aliphatic hydroxyl groups is 1. The molecule has 2 rings (SSSR count). The fourth-order valence-electron chi connectivity index (χ4n) is 2.16. The minimum absolute atomic E-state index is 0.194. The lowest BCUT2D eigenvalue weighted by Gasteiger charge is -2.27. The maximum atomic E-state index is 9.38. The van der Waals surface area contributed by atoms with Crippen LogP contribution in [-0.2, 0) is 0 Å². The van der Waals surface area contributed by atoms with E-state index in [1.165, 1.54) is 24.1 Å². The molecular weight excluding hydrogens is 198 g/mol. The number of rotatable bonds is 5. The Balaban J connectivity index is 2.10. The molecule has 2 heteroatoms. The topological polar surface area (TPSA) is 23.5 Å². The molecule has 0 unspecified atom stereocenters. The average molecular weight is 219 g/mol. The number of hydrogen-bond donors (Lipinski definition) is 1. The van der Waals surface area contributed by atoms with Gasteiger partial charge in [0.2, 0.25) is 0 Å². The molecule has 0 amide bonds. The van der Waals surface area contributed by atoms with Crippen LogP contribution in [0.5, 0.6) is 0 Å². The largest absolute Gasteiger partial charge is 0.396 e. The van der Waals surface area contributed by atoms with Gasteiger partial charge in [0.1, 0.15) is 0 Å². The van der Waals surface area contributed by atoms with Crippen molar-refractivity contribution in [3.8, 4) is 0 Å². The first-order valence-corrected chi connectivity index (χ1v) is 6.11. The van der Waals surface area contributed by atoms with E-state index in [0.717, 1.165) is 13.1 Å². The van der Waals surface area contributed by atoms with E-state index in [0.29, 0.717) is 6.61 Å². The van der Waals surface area contributed by atoms with Gasteiger partial charge in [-0.05, 0) is 44.4 Å². The number of aliphatic hydroxyl groups excluding tert-OH is 1. The van der Waals surface area contributed by atoms with E-state index >= 15 is 0 Å². The first-order valence-electron chi connectivity index (χ1n) is 6.11. The highest BCUT2D eigenvalue weighted by molar-refractivity contribution is 5.48. The average Bonchev–Trinajstić information content (AvgIpc) is 3.06. The molecular formula is C14H21NO. The van der Waals surface area contributed by atoms with Crippen LogP contribution in [0, 0.1) is 12.3 Å². The molecule has 0 atom stereocenters. The van der Waals surface area contributed by atoms with Crippen LogP contribution >= 0.6 is 0 Å². The maximum Gasteiger partial charge on any atom is 0.0504 e. The fraction of sp³-hybridized carbons (Fsp3) is 0.571. The van der Waals surface area contributed by atoms with Gasteiger partial charge in [-0.25, -0.2) is 0 Å². The van der Waals surface area contributed by atoms with Crippen LogP contribution in [0.15, 0.2) is 24.3 Å². The van der Waals surface area contributed by atoms with Crippen LogP contribution < -0.4 is 4.90 Å². The molecule has 0 heterocycles. The third-order valence-corrected chi connectivity index (χ3v) is 3.57. The zero-order valence-electron chi connectivity index (χ0n) is 10.2. The monoisotopic (exact) mass is 219 g/mol. The summed E-state index contributed by atoms with van der Waals surface area (Å²) in [4.78, 5) is 2.37. The van der Waals surface area contributed by atoms with Crippen LogP contribution in [-0.4, -0.2) is 24.8 Å². The van der Waals surface area contributed by atoms with Gasteiger partial charge in [0.05, 0.1) is 6.61 Å². The Morgan fingerprint density at radius 2 is 2.12 bits per heavy atom. The van der Waals surface area contributed by atoms with Crippen molar-refractivity contribution in [2.24, 2.45) is 5.41 Å². The number of aryl methyl sites for hydroxylation is 1. The molecule has 0 spiro atoms. The van der Waals surface area contributed by atoms with E-state index in [1.807, 2.05) is 0 Å². The van der Waals surface area contributed by atoms with E-state index in [-0.39, 0.29) is 5.41 Å². The molecule has 1 aliphatic carbocycles. The smallest absolute Gasteiger partial charge is 0.0504 e. The van der Waals surface area contributed by atoms with Gasteiger partial charge < -0.3 is 10.0 Å². The summed E-state index contributed by atoms with van der Waals surface area (Å²) in [5.74, 6) is 0. The van der Waals surface area contributed by atoms with Gasteiger partial charge in [-0.3, -0.25) is 0 Å². The lowest BCUT2D eigenvalue weighted by atomic mass is 10.1. The Hall–Kier alpha value is -1.02. The van der Waals surface area contributed by atoms with E-state index < -0.39 is 0 Å². The van der Waals surface area contributed by atoms with Gasteiger partial charge in [0.25, 0.3) is 0 Å². The van der Waals surface area contributed by atoms with Gasteiger partial charge >= 0.3 is 0 Å². The van der Waals surface area contributed by atoms with E-state index in [2.05, 4.69) is 43.0 Å². The van der Waals surface area contributed by atoms with Gasteiger partial charge in [-0.1, -0.05) is 12.1 Å². The molecule has 0 bridgehead atoms. The molecule has 1 fully saturated rings. The molecule has 0 aromatic heterocycles. The fourth-order valence-corrected chi connectivity index (χ4v) is 2.16. The molecule has 1 aromatic rings. The quantitative estimate of drug-likeness (QED) is 0.823. The normalized spacial score (nSPS) is 17.2. The molecule has 0 aliphatic heterocycles. The third kappa shape index (κ3) is 2.38. The summed E-state index contributed by atoms with van der Waals surface area (Å²) in [6.07, 6.45) is 2.34. The third-order valence-electron chi connectivity index (χ3n) is 3.57. The number of anilines is 1. The maximum absolute atomic E-state index is 9.38. The molecule has 0 radical (unpaired) electrons. The lowest BCUT2D eigenvalue weighted by Crippen LogP contribution is -2.32. The first kappa shape index (κ1) is 11.5. The van der Waals surface area contributed by atoms with Crippen molar-refractivity contribution < 1.29 is 5.11 Å². The number of hydrogen-bond acceptors (Lipinski definition) is 2. The van der Waals surface area contributed by atoms with Gasteiger partial charge in [-0.2, -0.15) is 0 Å². The molecule has 1 aliphatic rings. The molecule has 88 valence electrons. The van der Waals surface area contributed by atoms with Crippen LogP contribution in [0.25, 0.3) is 0 Å². The highest BCUT2D eigenvalue weighted by atomic mass is 16.3.